The third-order valence-corrected chi connectivity index (χ3v) is 5.09. The minimum Gasteiger partial charge on any atom is -0.493 e. The lowest BCUT2D eigenvalue weighted by atomic mass is 9.91. The molecule has 2 aromatic heterocycles. The first kappa shape index (κ1) is 18.1. The molecule has 1 N–H and O–H groups in total. The number of hydrogen-bond acceptors (Lipinski definition) is 6. The summed E-state index contributed by atoms with van der Waals surface area (Å²) in [6.45, 7) is 2.48. The zero-order valence-electron chi connectivity index (χ0n) is 15.4. The van der Waals surface area contributed by atoms with Crippen molar-refractivity contribution in [3.63, 3.8) is 0 Å². The van der Waals surface area contributed by atoms with Gasteiger partial charge in [0.15, 0.2) is 0 Å². The Morgan fingerprint density at radius 1 is 1.18 bits per heavy atom. The molecule has 28 heavy (non-hydrogen) atoms. The second-order valence-electron chi connectivity index (χ2n) is 6.88. The molecule has 1 saturated heterocycles. The van der Waals surface area contributed by atoms with Crippen molar-refractivity contribution in [3.05, 3.63) is 42.9 Å². The van der Waals surface area contributed by atoms with Crippen LogP contribution in [0.2, 0.25) is 0 Å². The van der Waals surface area contributed by atoms with Crippen LogP contribution in [-0.4, -0.2) is 60.5 Å². The van der Waals surface area contributed by atoms with Crippen LogP contribution in [-0.2, 0) is 6.54 Å². The summed E-state index contributed by atoms with van der Waals surface area (Å²) in [6.07, 6.45) is 6.52. The maximum Gasteiger partial charge on any atom is 0.407 e. The van der Waals surface area contributed by atoms with Gasteiger partial charge in [0.25, 0.3) is 0 Å². The normalized spacial score (nSPS) is 15.1. The third-order valence-electron chi connectivity index (χ3n) is 5.09. The van der Waals surface area contributed by atoms with Crippen molar-refractivity contribution < 1.29 is 14.6 Å². The van der Waals surface area contributed by atoms with Crippen LogP contribution in [0.3, 0.4) is 0 Å². The van der Waals surface area contributed by atoms with Crippen LogP contribution in [0.25, 0.3) is 10.9 Å². The van der Waals surface area contributed by atoms with Gasteiger partial charge < -0.3 is 19.3 Å². The highest BCUT2D eigenvalue weighted by Crippen LogP contribution is 2.32. The first-order valence-corrected chi connectivity index (χ1v) is 9.38. The Morgan fingerprint density at radius 2 is 1.96 bits per heavy atom. The highest BCUT2D eigenvalue weighted by atomic mass is 16.5. The van der Waals surface area contributed by atoms with Crippen LogP contribution >= 0.6 is 0 Å². The SMILES string of the molecule is O=C(O)N1CCC(c2ncnc3cc(OCCCn4cnnc4)ccc23)CC1. The van der Waals surface area contributed by atoms with E-state index in [1.165, 1.54) is 4.90 Å². The summed E-state index contributed by atoms with van der Waals surface area (Å²) >= 11 is 0. The quantitative estimate of drug-likeness (QED) is 0.653. The zero-order chi connectivity index (χ0) is 19.3. The lowest BCUT2D eigenvalue weighted by Gasteiger charge is -2.30. The van der Waals surface area contributed by atoms with Gasteiger partial charge >= 0.3 is 6.09 Å². The second kappa shape index (κ2) is 8.20. The zero-order valence-corrected chi connectivity index (χ0v) is 15.4. The summed E-state index contributed by atoms with van der Waals surface area (Å²) in [6, 6.07) is 5.88. The molecule has 1 aliphatic heterocycles. The summed E-state index contributed by atoms with van der Waals surface area (Å²) in [4.78, 5) is 21.5. The smallest absolute Gasteiger partial charge is 0.407 e. The largest absolute Gasteiger partial charge is 0.493 e. The first-order valence-electron chi connectivity index (χ1n) is 9.38. The predicted octanol–water partition coefficient (Wildman–Crippen LogP) is 2.55. The Morgan fingerprint density at radius 3 is 2.71 bits per heavy atom. The highest BCUT2D eigenvalue weighted by Gasteiger charge is 2.25. The van der Waals surface area contributed by atoms with E-state index < -0.39 is 6.09 Å². The molecule has 0 bridgehead atoms. The molecule has 4 rings (SSSR count). The van der Waals surface area contributed by atoms with Gasteiger partial charge in [-0.15, -0.1) is 10.2 Å². The van der Waals surface area contributed by atoms with Gasteiger partial charge in [-0.2, -0.15) is 0 Å². The number of aromatic nitrogens is 5. The summed E-state index contributed by atoms with van der Waals surface area (Å²) in [5.41, 5.74) is 1.84. The van der Waals surface area contributed by atoms with E-state index in [1.807, 2.05) is 22.8 Å². The van der Waals surface area contributed by atoms with E-state index in [-0.39, 0.29) is 5.92 Å². The molecule has 1 amide bonds. The van der Waals surface area contributed by atoms with Crippen molar-refractivity contribution in [2.24, 2.45) is 0 Å². The number of rotatable bonds is 6. The van der Waals surface area contributed by atoms with E-state index in [2.05, 4.69) is 20.2 Å². The highest BCUT2D eigenvalue weighted by molar-refractivity contribution is 5.82. The predicted molar refractivity (Wildman–Crippen MR) is 101 cm³/mol. The Balaban J connectivity index is 1.40. The monoisotopic (exact) mass is 382 g/mol. The molecule has 3 heterocycles. The van der Waals surface area contributed by atoms with E-state index in [9.17, 15) is 4.79 Å². The van der Waals surface area contributed by atoms with E-state index in [4.69, 9.17) is 9.84 Å². The number of piperidine rings is 1. The molecule has 0 radical (unpaired) electrons. The molecule has 0 unspecified atom stereocenters. The van der Waals surface area contributed by atoms with Crippen molar-refractivity contribution in [1.29, 1.82) is 0 Å². The standard InChI is InChI=1S/C19H22N6O3/c26-19(27)25-7-4-14(5-8-25)18-16-3-2-15(10-17(16)20-11-21-18)28-9-1-6-24-12-22-23-13-24/h2-3,10-14H,1,4-9H2,(H,26,27). The maximum absolute atomic E-state index is 11.1. The number of nitrogens with zero attached hydrogens (tertiary/aromatic N) is 6. The van der Waals surface area contributed by atoms with Gasteiger partial charge in [0.05, 0.1) is 17.8 Å². The minimum atomic E-state index is -0.850. The van der Waals surface area contributed by atoms with Crippen molar-refractivity contribution in [2.75, 3.05) is 19.7 Å². The van der Waals surface area contributed by atoms with Crippen LogP contribution in [0, 0.1) is 0 Å². The molecule has 0 atom stereocenters. The molecule has 0 saturated carbocycles. The molecule has 9 heteroatoms. The third kappa shape index (κ3) is 4.03. The van der Waals surface area contributed by atoms with Gasteiger partial charge in [0, 0.05) is 37.0 Å². The van der Waals surface area contributed by atoms with Crippen molar-refractivity contribution in [3.8, 4) is 5.75 Å². The van der Waals surface area contributed by atoms with Gasteiger partial charge in [-0.3, -0.25) is 0 Å². The average Bonchev–Trinajstić information content (AvgIpc) is 3.24. The van der Waals surface area contributed by atoms with Crippen LogP contribution in [0.1, 0.15) is 30.9 Å². The fourth-order valence-corrected chi connectivity index (χ4v) is 3.59. The molecular weight excluding hydrogens is 360 g/mol. The lowest BCUT2D eigenvalue weighted by Crippen LogP contribution is -2.37. The topological polar surface area (TPSA) is 106 Å². The van der Waals surface area contributed by atoms with Gasteiger partial charge in [-0.05, 0) is 31.4 Å². The molecule has 0 aliphatic carbocycles. The van der Waals surface area contributed by atoms with Gasteiger partial charge in [-0.1, -0.05) is 0 Å². The van der Waals surface area contributed by atoms with E-state index in [0.29, 0.717) is 19.7 Å². The molecular formula is C19H22N6O3. The number of hydrogen-bond donors (Lipinski definition) is 1. The van der Waals surface area contributed by atoms with E-state index in [0.717, 1.165) is 48.2 Å². The number of amides is 1. The number of fused-ring (bicyclic) bond motifs is 1. The lowest BCUT2D eigenvalue weighted by molar-refractivity contribution is 0.132. The Bertz CT molecular complexity index is 938. The molecule has 1 aliphatic rings. The second-order valence-corrected chi connectivity index (χ2v) is 6.88. The molecule has 9 nitrogen and oxygen atoms in total. The number of aryl methyl sites for hydroxylation is 1. The number of ether oxygens (including phenoxy) is 1. The number of benzene rings is 1. The number of likely N-dealkylation sites (tertiary alicyclic amines) is 1. The van der Waals surface area contributed by atoms with Gasteiger partial charge in [0.1, 0.15) is 24.7 Å². The summed E-state index contributed by atoms with van der Waals surface area (Å²) < 4.78 is 7.77. The van der Waals surface area contributed by atoms with Crippen LogP contribution in [0.5, 0.6) is 5.75 Å². The van der Waals surface area contributed by atoms with E-state index >= 15 is 0 Å². The first-order chi connectivity index (χ1) is 13.7. The number of carboxylic acid groups (broad SMARTS) is 1. The molecule has 1 aromatic carbocycles. The molecule has 1 fully saturated rings. The van der Waals surface area contributed by atoms with E-state index in [1.54, 1.807) is 19.0 Å². The average molecular weight is 382 g/mol. The van der Waals surface area contributed by atoms with Crippen LogP contribution in [0.15, 0.2) is 37.2 Å². The van der Waals surface area contributed by atoms with Crippen molar-refractivity contribution in [1.82, 2.24) is 29.6 Å². The van der Waals surface area contributed by atoms with Crippen LogP contribution < -0.4 is 4.74 Å². The Labute approximate surface area is 162 Å². The number of carbonyl (C=O) groups is 1. The Kier molecular flexibility index (Phi) is 5.31. The summed E-state index contributed by atoms with van der Waals surface area (Å²) in [5, 5.41) is 17.7. The minimum absolute atomic E-state index is 0.247. The molecule has 146 valence electrons. The summed E-state index contributed by atoms with van der Waals surface area (Å²) in [7, 11) is 0. The fraction of sp³-hybridized carbons (Fsp3) is 0.421. The molecule has 3 aromatic rings. The Hall–Kier alpha value is -3.23. The summed E-state index contributed by atoms with van der Waals surface area (Å²) in [5.74, 6) is 1.03. The van der Waals surface area contributed by atoms with Gasteiger partial charge in [-0.25, -0.2) is 14.8 Å². The maximum atomic E-state index is 11.1. The van der Waals surface area contributed by atoms with Gasteiger partial charge in [0.2, 0.25) is 0 Å². The fourth-order valence-electron chi connectivity index (χ4n) is 3.59. The molecule has 0 spiro atoms. The van der Waals surface area contributed by atoms with Crippen molar-refractivity contribution in [2.45, 2.75) is 31.7 Å². The van der Waals surface area contributed by atoms with Crippen LogP contribution in [0.4, 0.5) is 4.79 Å². The van der Waals surface area contributed by atoms with Crippen molar-refractivity contribution >= 4 is 17.0 Å².